The second-order valence-electron chi connectivity index (χ2n) is 7.31. The normalized spacial score (nSPS) is 14.3. The van der Waals surface area contributed by atoms with Crippen molar-refractivity contribution in [3.05, 3.63) is 95.7 Å². The van der Waals surface area contributed by atoms with E-state index in [1.54, 1.807) is 29.2 Å². The molecule has 0 saturated heterocycles. The summed E-state index contributed by atoms with van der Waals surface area (Å²) in [6.07, 6.45) is 3.39. The number of ether oxygens (including phenoxy) is 1. The Morgan fingerprint density at radius 2 is 1.81 bits per heavy atom. The number of hydrogen-bond acceptors (Lipinski definition) is 6. The van der Waals surface area contributed by atoms with E-state index in [9.17, 15) is 4.79 Å². The van der Waals surface area contributed by atoms with Crippen LogP contribution in [0.4, 0.5) is 0 Å². The quantitative estimate of drug-likeness (QED) is 0.498. The number of aromatic nitrogens is 4. The van der Waals surface area contributed by atoms with Crippen molar-refractivity contribution in [3.8, 4) is 5.69 Å². The van der Waals surface area contributed by atoms with Gasteiger partial charge in [0.2, 0.25) is 5.89 Å². The molecular weight excluding hydrogens is 394 g/mol. The molecule has 5 rings (SSSR count). The molecule has 0 aliphatic carbocycles. The highest BCUT2D eigenvalue weighted by atomic mass is 16.5. The van der Waals surface area contributed by atoms with Gasteiger partial charge in [-0.25, -0.2) is 4.98 Å². The number of rotatable bonds is 5. The molecule has 2 aromatic heterocycles. The highest BCUT2D eigenvalue weighted by molar-refractivity contribution is 5.97. The van der Waals surface area contributed by atoms with Crippen molar-refractivity contribution in [1.29, 1.82) is 0 Å². The SMILES string of the molecule is COC(c1ccccc1)c1nc2c(o1)CCN(C(=O)c1ccccc1-n1cnnc1)C2. The molecule has 1 unspecified atom stereocenters. The van der Waals surface area contributed by atoms with Gasteiger partial charge in [0.15, 0.2) is 6.10 Å². The van der Waals surface area contributed by atoms with Gasteiger partial charge in [-0.15, -0.1) is 10.2 Å². The van der Waals surface area contributed by atoms with Gasteiger partial charge in [-0.1, -0.05) is 42.5 Å². The minimum atomic E-state index is -0.384. The van der Waals surface area contributed by atoms with E-state index < -0.39 is 0 Å². The minimum Gasteiger partial charge on any atom is -0.442 e. The van der Waals surface area contributed by atoms with Gasteiger partial charge in [0.05, 0.1) is 17.8 Å². The smallest absolute Gasteiger partial charge is 0.256 e. The lowest BCUT2D eigenvalue weighted by Crippen LogP contribution is -2.36. The van der Waals surface area contributed by atoms with Crippen LogP contribution in [-0.4, -0.2) is 44.2 Å². The molecule has 1 aliphatic heterocycles. The second-order valence-corrected chi connectivity index (χ2v) is 7.31. The Hall–Kier alpha value is -3.78. The van der Waals surface area contributed by atoms with E-state index in [-0.39, 0.29) is 12.0 Å². The molecule has 8 nitrogen and oxygen atoms in total. The molecule has 31 heavy (non-hydrogen) atoms. The average Bonchev–Trinajstić information content (AvgIpc) is 3.49. The molecule has 0 N–H and O–H groups in total. The molecule has 0 saturated carbocycles. The number of hydrogen-bond donors (Lipinski definition) is 0. The zero-order valence-corrected chi connectivity index (χ0v) is 17.0. The van der Waals surface area contributed by atoms with Crippen molar-refractivity contribution in [2.45, 2.75) is 19.1 Å². The predicted octanol–water partition coefficient (Wildman–Crippen LogP) is 3.19. The molecule has 2 aromatic carbocycles. The Kier molecular flexibility index (Phi) is 5.05. The summed E-state index contributed by atoms with van der Waals surface area (Å²) in [5, 5.41) is 7.69. The van der Waals surface area contributed by atoms with Crippen LogP contribution in [0.2, 0.25) is 0 Å². The molecule has 4 aromatic rings. The van der Waals surface area contributed by atoms with Gasteiger partial charge in [-0.2, -0.15) is 0 Å². The number of amides is 1. The van der Waals surface area contributed by atoms with Gasteiger partial charge in [-0.05, 0) is 17.7 Å². The van der Waals surface area contributed by atoms with Crippen molar-refractivity contribution < 1.29 is 13.9 Å². The van der Waals surface area contributed by atoms with Crippen molar-refractivity contribution in [1.82, 2.24) is 24.6 Å². The summed E-state index contributed by atoms with van der Waals surface area (Å²) >= 11 is 0. The van der Waals surface area contributed by atoms with Crippen molar-refractivity contribution in [3.63, 3.8) is 0 Å². The summed E-state index contributed by atoms with van der Waals surface area (Å²) in [5.41, 5.74) is 3.08. The minimum absolute atomic E-state index is 0.0640. The molecule has 156 valence electrons. The molecule has 1 aliphatic rings. The summed E-state index contributed by atoms with van der Waals surface area (Å²) in [6.45, 7) is 0.944. The van der Waals surface area contributed by atoms with Crippen LogP contribution >= 0.6 is 0 Å². The fourth-order valence-corrected chi connectivity index (χ4v) is 3.89. The topological polar surface area (TPSA) is 86.3 Å². The maximum atomic E-state index is 13.3. The van der Waals surface area contributed by atoms with Gasteiger partial charge in [0.25, 0.3) is 5.91 Å². The molecule has 8 heteroatoms. The van der Waals surface area contributed by atoms with Crippen LogP contribution < -0.4 is 0 Å². The number of para-hydroxylation sites is 1. The molecular formula is C23H21N5O3. The third-order valence-corrected chi connectivity index (χ3v) is 5.43. The molecule has 0 fully saturated rings. The Balaban J connectivity index is 1.40. The number of carbonyl (C=O) groups excluding carboxylic acids is 1. The van der Waals surface area contributed by atoms with E-state index in [1.165, 1.54) is 0 Å². The monoisotopic (exact) mass is 415 g/mol. The van der Waals surface area contributed by atoms with Gasteiger partial charge in [0.1, 0.15) is 24.1 Å². The highest BCUT2D eigenvalue weighted by Gasteiger charge is 2.29. The zero-order chi connectivity index (χ0) is 21.2. The first-order valence-corrected chi connectivity index (χ1v) is 10.0. The molecule has 0 bridgehead atoms. The fraction of sp³-hybridized carbons (Fsp3) is 0.217. The van der Waals surface area contributed by atoms with E-state index >= 15 is 0 Å². The van der Waals surface area contributed by atoms with Crippen molar-refractivity contribution in [2.24, 2.45) is 0 Å². The van der Waals surface area contributed by atoms with Crippen LogP contribution in [0.25, 0.3) is 5.69 Å². The summed E-state index contributed by atoms with van der Waals surface area (Å²) in [6, 6.07) is 17.3. The molecule has 1 amide bonds. The van der Waals surface area contributed by atoms with Crippen molar-refractivity contribution in [2.75, 3.05) is 13.7 Å². The third kappa shape index (κ3) is 3.62. The first-order valence-electron chi connectivity index (χ1n) is 10.0. The molecule has 0 radical (unpaired) electrons. The van der Waals surface area contributed by atoms with Crippen molar-refractivity contribution >= 4 is 5.91 Å². The Labute approximate surface area is 179 Å². The Bertz CT molecular complexity index is 1190. The number of fused-ring (bicyclic) bond motifs is 1. The molecule has 0 spiro atoms. The highest BCUT2D eigenvalue weighted by Crippen LogP contribution is 2.29. The van der Waals surface area contributed by atoms with Gasteiger partial charge in [0, 0.05) is 20.1 Å². The standard InChI is InChI=1S/C23H21N5O3/c1-30-21(16-7-3-2-4-8-16)22-26-18-13-27(12-11-20(18)31-22)23(29)17-9-5-6-10-19(17)28-14-24-25-15-28/h2-10,14-15,21H,11-13H2,1H3. The largest absolute Gasteiger partial charge is 0.442 e. The van der Waals surface area contributed by atoms with E-state index in [4.69, 9.17) is 9.15 Å². The fourth-order valence-electron chi connectivity index (χ4n) is 3.89. The number of carbonyl (C=O) groups is 1. The first kappa shape index (κ1) is 19.2. The lowest BCUT2D eigenvalue weighted by atomic mass is 10.1. The second kappa shape index (κ2) is 8.16. The van der Waals surface area contributed by atoms with E-state index in [2.05, 4.69) is 15.2 Å². The van der Waals surface area contributed by atoms with Crippen LogP contribution in [0, 0.1) is 0 Å². The van der Waals surface area contributed by atoms with Gasteiger partial charge >= 0.3 is 0 Å². The number of benzene rings is 2. The summed E-state index contributed by atoms with van der Waals surface area (Å²) in [7, 11) is 1.64. The number of oxazole rings is 1. The number of methoxy groups -OCH3 is 1. The summed E-state index contributed by atoms with van der Waals surface area (Å²) in [4.78, 5) is 19.8. The first-order chi connectivity index (χ1) is 15.2. The average molecular weight is 415 g/mol. The molecule has 1 atom stereocenters. The van der Waals surface area contributed by atoms with Crippen LogP contribution in [0.5, 0.6) is 0 Å². The van der Waals surface area contributed by atoms with Gasteiger partial charge < -0.3 is 14.1 Å². The maximum absolute atomic E-state index is 13.3. The van der Waals surface area contributed by atoms with Gasteiger partial charge in [-0.3, -0.25) is 9.36 Å². The predicted molar refractivity (Wildman–Crippen MR) is 112 cm³/mol. The third-order valence-electron chi connectivity index (χ3n) is 5.43. The Morgan fingerprint density at radius 3 is 2.58 bits per heavy atom. The zero-order valence-electron chi connectivity index (χ0n) is 17.0. The maximum Gasteiger partial charge on any atom is 0.256 e. The summed E-state index contributed by atoms with van der Waals surface area (Å²) in [5.74, 6) is 1.26. The lowest BCUT2D eigenvalue weighted by molar-refractivity contribution is 0.0727. The number of nitrogens with zero attached hydrogens (tertiary/aromatic N) is 5. The van der Waals surface area contributed by atoms with Crippen LogP contribution in [0.3, 0.4) is 0 Å². The summed E-state index contributed by atoms with van der Waals surface area (Å²) < 4.78 is 13.4. The van der Waals surface area contributed by atoms with E-state index in [1.807, 2.05) is 54.6 Å². The lowest BCUT2D eigenvalue weighted by Gasteiger charge is -2.26. The van der Waals surface area contributed by atoms with E-state index in [0.717, 1.165) is 22.7 Å². The van der Waals surface area contributed by atoms with Crippen LogP contribution in [0.15, 0.2) is 71.7 Å². The molecule has 3 heterocycles. The van der Waals surface area contributed by atoms with Crippen LogP contribution in [-0.2, 0) is 17.7 Å². The Morgan fingerprint density at radius 1 is 1.06 bits per heavy atom. The van der Waals surface area contributed by atoms with E-state index in [0.29, 0.717) is 31.0 Å². The van der Waals surface area contributed by atoms with Crippen LogP contribution in [0.1, 0.15) is 39.4 Å².